The number of benzene rings is 1. The van der Waals surface area contributed by atoms with E-state index < -0.39 is 0 Å². The van der Waals surface area contributed by atoms with Crippen LogP contribution in [0.5, 0.6) is 17.4 Å². The highest BCUT2D eigenvalue weighted by Crippen LogP contribution is 2.36. The maximum absolute atomic E-state index is 6.30. The average Bonchev–Trinajstić information content (AvgIpc) is 2.59. The van der Waals surface area contributed by atoms with Crippen LogP contribution in [0.2, 0.25) is 5.02 Å². The molecule has 1 heterocycles. The summed E-state index contributed by atoms with van der Waals surface area (Å²) in [5.41, 5.74) is 1.03. The zero-order chi connectivity index (χ0) is 17.2. The van der Waals surface area contributed by atoms with Crippen molar-refractivity contribution in [3.05, 3.63) is 47.1 Å². The highest BCUT2D eigenvalue weighted by atomic mass is 35.5. The normalized spacial score (nSPS) is 10.5. The van der Waals surface area contributed by atoms with E-state index in [-0.39, 0.29) is 0 Å². The predicted molar refractivity (Wildman–Crippen MR) is 95.2 cm³/mol. The Morgan fingerprint density at radius 1 is 1.08 bits per heavy atom. The lowest BCUT2D eigenvalue weighted by molar-refractivity contribution is 0.287. The Morgan fingerprint density at radius 2 is 1.92 bits per heavy atom. The second-order valence-corrected chi connectivity index (χ2v) is 5.37. The molecule has 0 amide bonds. The van der Waals surface area contributed by atoms with Crippen LogP contribution in [0.3, 0.4) is 0 Å². The largest absolute Gasteiger partial charge is 0.490 e. The van der Waals surface area contributed by atoms with Gasteiger partial charge in [0.15, 0.2) is 11.5 Å². The number of ether oxygens (including phenoxy) is 3. The number of hydrogen-bond donors (Lipinski definition) is 1. The Labute approximate surface area is 147 Å². The van der Waals surface area contributed by atoms with Gasteiger partial charge >= 0.3 is 0 Å². The van der Waals surface area contributed by atoms with E-state index in [1.807, 2.05) is 44.2 Å². The smallest absolute Gasteiger partial charge is 0.213 e. The second-order valence-electron chi connectivity index (χ2n) is 4.96. The minimum atomic E-state index is 0.542. The maximum Gasteiger partial charge on any atom is 0.213 e. The lowest BCUT2D eigenvalue weighted by Crippen LogP contribution is -2.20. The van der Waals surface area contributed by atoms with Crippen molar-refractivity contribution in [2.75, 3.05) is 26.4 Å². The molecule has 6 heteroatoms. The van der Waals surface area contributed by atoms with E-state index >= 15 is 0 Å². The molecular formula is C18H23ClN2O3. The topological polar surface area (TPSA) is 52.6 Å². The minimum absolute atomic E-state index is 0.542. The number of pyridine rings is 1. The van der Waals surface area contributed by atoms with Crippen molar-refractivity contribution in [2.45, 2.75) is 20.4 Å². The molecule has 5 nitrogen and oxygen atoms in total. The second kappa shape index (κ2) is 10.0. The Bertz CT molecular complexity index is 623. The van der Waals surface area contributed by atoms with Gasteiger partial charge in [0.2, 0.25) is 5.88 Å². The Hall–Kier alpha value is -1.98. The molecule has 0 fully saturated rings. The van der Waals surface area contributed by atoms with Crippen molar-refractivity contribution in [3.63, 3.8) is 0 Å². The molecule has 0 spiro atoms. The standard InChI is InChI=1S/C18H23ClN2O3/c1-3-22-16-12-14(11-15(19)18(16)23-4-2)13-20-9-10-24-17-7-5-6-8-21-17/h5-8,11-12,20H,3-4,9-10,13H2,1-2H3. The Balaban J connectivity index is 1.85. The van der Waals surface area contributed by atoms with Crippen LogP contribution in [0.4, 0.5) is 0 Å². The van der Waals surface area contributed by atoms with Crippen LogP contribution in [0.25, 0.3) is 0 Å². The predicted octanol–water partition coefficient (Wildman–Crippen LogP) is 3.70. The van der Waals surface area contributed by atoms with Crippen LogP contribution in [0, 0.1) is 0 Å². The number of nitrogens with one attached hydrogen (secondary N) is 1. The molecule has 1 N–H and O–H groups in total. The first-order valence-electron chi connectivity index (χ1n) is 8.07. The zero-order valence-corrected chi connectivity index (χ0v) is 14.8. The molecule has 0 saturated carbocycles. The Kier molecular flexibility index (Phi) is 7.65. The summed E-state index contributed by atoms with van der Waals surface area (Å²) in [6.45, 7) is 6.86. The summed E-state index contributed by atoms with van der Waals surface area (Å²) in [4.78, 5) is 4.11. The molecule has 0 aliphatic heterocycles. The van der Waals surface area contributed by atoms with E-state index in [9.17, 15) is 0 Å². The Morgan fingerprint density at radius 3 is 2.62 bits per heavy atom. The maximum atomic E-state index is 6.30. The molecule has 130 valence electrons. The van der Waals surface area contributed by atoms with E-state index in [4.69, 9.17) is 25.8 Å². The van der Waals surface area contributed by atoms with E-state index in [1.54, 1.807) is 6.20 Å². The van der Waals surface area contributed by atoms with Gasteiger partial charge in [-0.15, -0.1) is 0 Å². The first-order valence-corrected chi connectivity index (χ1v) is 8.45. The summed E-state index contributed by atoms with van der Waals surface area (Å²) < 4.78 is 16.7. The summed E-state index contributed by atoms with van der Waals surface area (Å²) >= 11 is 6.30. The molecule has 24 heavy (non-hydrogen) atoms. The van der Waals surface area contributed by atoms with Crippen LogP contribution in [-0.4, -0.2) is 31.3 Å². The third-order valence-electron chi connectivity index (χ3n) is 3.15. The minimum Gasteiger partial charge on any atom is -0.490 e. The number of rotatable bonds is 10. The fourth-order valence-corrected chi connectivity index (χ4v) is 2.45. The molecule has 2 aromatic rings. The summed E-state index contributed by atoms with van der Waals surface area (Å²) in [7, 11) is 0. The zero-order valence-electron chi connectivity index (χ0n) is 14.0. The molecule has 0 bridgehead atoms. The van der Waals surface area contributed by atoms with Gasteiger partial charge in [-0.2, -0.15) is 0 Å². The summed E-state index contributed by atoms with van der Waals surface area (Å²) in [6, 6.07) is 9.43. The van der Waals surface area contributed by atoms with Gasteiger partial charge in [-0.1, -0.05) is 17.7 Å². The fraction of sp³-hybridized carbons (Fsp3) is 0.389. The lowest BCUT2D eigenvalue weighted by atomic mass is 10.2. The van der Waals surface area contributed by atoms with Crippen LogP contribution >= 0.6 is 11.6 Å². The lowest BCUT2D eigenvalue weighted by Gasteiger charge is -2.14. The van der Waals surface area contributed by atoms with E-state index in [2.05, 4.69) is 10.3 Å². The van der Waals surface area contributed by atoms with Crippen molar-refractivity contribution in [1.29, 1.82) is 0 Å². The molecule has 1 aromatic carbocycles. The molecular weight excluding hydrogens is 328 g/mol. The van der Waals surface area contributed by atoms with Gasteiger partial charge in [-0.25, -0.2) is 4.98 Å². The third kappa shape index (κ3) is 5.58. The molecule has 0 saturated heterocycles. The molecule has 0 radical (unpaired) electrons. The van der Waals surface area contributed by atoms with E-state index in [0.29, 0.717) is 55.3 Å². The van der Waals surface area contributed by atoms with Gasteiger partial charge in [0, 0.05) is 25.4 Å². The van der Waals surface area contributed by atoms with Gasteiger partial charge < -0.3 is 19.5 Å². The van der Waals surface area contributed by atoms with Gasteiger partial charge in [0.05, 0.1) is 18.2 Å². The van der Waals surface area contributed by atoms with Crippen LogP contribution < -0.4 is 19.5 Å². The van der Waals surface area contributed by atoms with Crippen molar-refractivity contribution in [1.82, 2.24) is 10.3 Å². The van der Waals surface area contributed by atoms with Crippen LogP contribution in [0.1, 0.15) is 19.4 Å². The molecule has 0 aliphatic rings. The van der Waals surface area contributed by atoms with Gasteiger partial charge in [0.1, 0.15) is 6.61 Å². The number of aromatic nitrogens is 1. The number of hydrogen-bond acceptors (Lipinski definition) is 5. The number of halogens is 1. The van der Waals surface area contributed by atoms with Gasteiger partial charge in [-0.3, -0.25) is 0 Å². The van der Waals surface area contributed by atoms with Crippen molar-refractivity contribution >= 4 is 11.6 Å². The highest BCUT2D eigenvalue weighted by molar-refractivity contribution is 6.32. The molecule has 2 rings (SSSR count). The fourth-order valence-electron chi connectivity index (χ4n) is 2.16. The van der Waals surface area contributed by atoms with E-state index in [1.165, 1.54) is 0 Å². The first kappa shape index (κ1) is 18.4. The van der Waals surface area contributed by atoms with Crippen molar-refractivity contribution < 1.29 is 14.2 Å². The summed E-state index contributed by atoms with van der Waals surface area (Å²) in [6.07, 6.45) is 1.71. The molecule has 0 atom stereocenters. The molecule has 0 unspecified atom stereocenters. The van der Waals surface area contributed by atoms with Crippen molar-refractivity contribution in [3.8, 4) is 17.4 Å². The highest BCUT2D eigenvalue weighted by Gasteiger charge is 2.12. The average molecular weight is 351 g/mol. The number of nitrogens with zero attached hydrogens (tertiary/aromatic N) is 1. The first-order chi connectivity index (χ1) is 11.7. The van der Waals surface area contributed by atoms with Gasteiger partial charge in [0.25, 0.3) is 0 Å². The quantitative estimate of drug-likeness (QED) is 0.662. The van der Waals surface area contributed by atoms with Gasteiger partial charge in [-0.05, 0) is 37.6 Å². The van der Waals surface area contributed by atoms with Crippen LogP contribution in [0.15, 0.2) is 36.5 Å². The van der Waals surface area contributed by atoms with Crippen LogP contribution in [-0.2, 0) is 6.54 Å². The monoisotopic (exact) mass is 350 g/mol. The van der Waals surface area contributed by atoms with Crippen molar-refractivity contribution in [2.24, 2.45) is 0 Å². The van der Waals surface area contributed by atoms with E-state index in [0.717, 1.165) is 5.56 Å². The SMILES string of the molecule is CCOc1cc(CNCCOc2ccccn2)cc(Cl)c1OCC. The molecule has 0 aliphatic carbocycles. The summed E-state index contributed by atoms with van der Waals surface area (Å²) in [5.74, 6) is 1.90. The molecule has 1 aromatic heterocycles. The third-order valence-corrected chi connectivity index (χ3v) is 3.43. The summed E-state index contributed by atoms with van der Waals surface area (Å²) in [5, 5.41) is 3.87.